The lowest BCUT2D eigenvalue weighted by atomic mass is 10.1. The lowest BCUT2D eigenvalue weighted by Crippen LogP contribution is -2.10. The van der Waals surface area contributed by atoms with Gasteiger partial charge in [-0.15, -0.1) is 0 Å². The van der Waals surface area contributed by atoms with Crippen molar-refractivity contribution in [3.8, 4) is 5.75 Å². The Morgan fingerprint density at radius 2 is 1.81 bits per heavy atom. The van der Waals surface area contributed by atoms with Gasteiger partial charge >= 0.3 is 0 Å². The molecule has 2 aromatic rings. The fraction of sp³-hybridized carbons (Fsp3) is 0.333. The van der Waals surface area contributed by atoms with Crippen LogP contribution in [0.25, 0.3) is 0 Å². The van der Waals surface area contributed by atoms with E-state index in [1.165, 1.54) is 11.3 Å². The molecule has 0 aliphatic heterocycles. The summed E-state index contributed by atoms with van der Waals surface area (Å²) in [5.74, 6) is 0.901. The Labute approximate surface area is 127 Å². The maximum Gasteiger partial charge on any atom is 0.121 e. The van der Waals surface area contributed by atoms with E-state index in [4.69, 9.17) is 4.74 Å². The van der Waals surface area contributed by atoms with Crippen LogP contribution in [0.5, 0.6) is 5.75 Å². The molecule has 112 valence electrons. The predicted octanol–water partition coefficient (Wildman–Crippen LogP) is 4.32. The van der Waals surface area contributed by atoms with Crippen molar-refractivity contribution in [3.63, 3.8) is 0 Å². The number of hydrogen-bond donors (Lipinski definition) is 1. The molecule has 0 heterocycles. The number of nitrogens with one attached hydrogen (secondary N) is 1. The molecule has 0 bridgehead atoms. The van der Waals surface area contributed by atoms with Gasteiger partial charge in [0, 0.05) is 37.6 Å². The second-order valence-corrected chi connectivity index (χ2v) is 5.31. The summed E-state index contributed by atoms with van der Waals surface area (Å²) in [6.07, 6.45) is 0. The number of nitrogens with zero attached hydrogens (tertiary/aromatic N) is 1. The van der Waals surface area contributed by atoms with Gasteiger partial charge in [-0.25, -0.2) is 0 Å². The van der Waals surface area contributed by atoms with Crippen LogP contribution in [-0.2, 0) is 0 Å². The first kappa shape index (κ1) is 15.2. The number of anilines is 2. The van der Waals surface area contributed by atoms with Crippen molar-refractivity contribution in [2.75, 3.05) is 30.9 Å². The Balaban J connectivity index is 2.06. The highest BCUT2D eigenvalue weighted by Crippen LogP contribution is 2.24. The molecular formula is C18H24N2O. The average molecular weight is 284 g/mol. The summed E-state index contributed by atoms with van der Waals surface area (Å²) in [6.45, 7) is 4.85. The third kappa shape index (κ3) is 4.15. The Kier molecular flexibility index (Phi) is 5.09. The maximum atomic E-state index is 5.53. The lowest BCUT2D eigenvalue weighted by Gasteiger charge is -2.18. The van der Waals surface area contributed by atoms with Crippen LogP contribution in [-0.4, -0.2) is 20.7 Å². The number of ether oxygens (including phenoxy) is 1. The van der Waals surface area contributed by atoms with Gasteiger partial charge in [-0.05, 0) is 43.7 Å². The van der Waals surface area contributed by atoms with Crippen LogP contribution in [0.4, 0.5) is 11.4 Å². The van der Waals surface area contributed by atoms with Gasteiger partial charge in [0.25, 0.3) is 0 Å². The SMILES string of the molecule is CCOc1cccc(NC(C)c2ccc(N(C)C)cc2)c1. The van der Waals surface area contributed by atoms with Crippen LogP contribution in [0.3, 0.4) is 0 Å². The molecular weight excluding hydrogens is 260 g/mol. The standard InChI is InChI=1S/C18H24N2O/c1-5-21-18-8-6-7-16(13-18)19-14(2)15-9-11-17(12-10-15)20(3)4/h6-14,19H,5H2,1-4H3. The molecule has 0 saturated carbocycles. The molecule has 2 aromatic carbocycles. The molecule has 3 nitrogen and oxygen atoms in total. The second-order valence-electron chi connectivity index (χ2n) is 5.31. The highest BCUT2D eigenvalue weighted by molar-refractivity contribution is 5.51. The van der Waals surface area contributed by atoms with Gasteiger partial charge in [-0.1, -0.05) is 18.2 Å². The summed E-state index contributed by atoms with van der Waals surface area (Å²) in [4.78, 5) is 2.10. The fourth-order valence-corrected chi connectivity index (χ4v) is 2.24. The minimum Gasteiger partial charge on any atom is -0.494 e. The van der Waals surface area contributed by atoms with E-state index in [-0.39, 0.29) is 6.04 Å². The molecule has 0 fully saturated rings. The molecule has 0 radical (unpaired) electrons. The third-order valence-corrected chi connectivity index (χ3v) is 3.44. The molecule has 1 N–H and O–H groups in total. The van der Waals surface area contributed by atoms with E-state index in [1.807, 2.05) is 25.1 Å². The summed E-state index contributed by atoms with van der Waals surface area (Å²) in [6, 6.07) is 17.0. The molecule has 0 saturated heterocycles. The minimum absolute atomic E-state index is 0.248. The van der Waals surface area contributed by atoms with Crippen LogP contribution < -0.4 is 15.0 Å². The Hall–Kier alpha value is -2.16. The summed E-state index contributed by atoms with van der Waals surface area (Å²) < 4.78 is 5.53. The van der Waals surface area contributed by atoms with Gasteiger partial charge in [-0.3, -0.25) is 0 Å². The van der Waals surface area contributed by atoms with Crippen molar-refractivity contribution in [2.45, 2.75) is 19.9 Å². The van der Waals surface area contributed by atoms with Crippen LogP contribution >= 0.6 is 0 Å². The quantitative estimate of drug-likeness (QED) is 0.854. The Bertz CT molecular complexity index is 564. The van der Waals surface area contributed by atoms with E-state index in [0.717, 1.165) is 11.4 Å². The van der Waals surface area contributed by atoms with Crippen LogP contribution in [0.2, 0.25) is 0 Å². The van der Waals surface area contributed by atoms with Crippen LogP contribution in [0, 0.1) is 0 Å². The van der Waals surface area contributed by atoms with Gasteiger partial charge in [0.1, 0.15) is 5.75 Å². The molecule has 21 heavy (non-hydrogen) atoms. The largest absolute Gasteiger partial charge is 0.494 e. The molecule has 0 aromatic heterocycles. The molecule has 0 spiro atoms. The lowest BCUT2D eigenvalue weighted by molar-refractivity contribution is 0.340. The smallest absolute Gasteiger partial charge is 0.121 e. The van der Waals surface area contributed by atoms with E-state index < -0.39 is 0 Å². The van der Waals surface area contributed by atoms with Crippen LogP contribution in [0.15, 0.2) is 48.5 Å². The first-order valence-electron chi connectivity index (χ1n) is 7.37. The van der Waals surface area contributed by atoms with Crippen LogP contribution in [0.1, 0.15) is 25.5 Å². The van der Waals surface area contributed by atoms with E-state index in [2.05, 4.69) is 61.6 Å². The van der Waals surface area contributed by atoms with Crippen molar-refractivity contribution in [1.82, 2.24) is 0 Å². The normalized spacial score (nSPS) is 11.8. The molecule has 3 heteroatoms. The summed E-state index contributed by atoms with van der Waals surface area (Å²) in [5, 5.41) is 3.51. The predicted molar refractivity (Wildman–Crippen MR) is 90.4 cm³/mol. The molecule has 1 atom stereocenters. The molecule has 0 aliphatic rings. The van der Waals surface area contributed by atoms with Crippen molar-refractivity contribution in [1.29, 1.82) is 0 Å². The van der Waals surface area contributed by atoms with E-state index >= 15 is 0 Å². The highest BCUT2D eigenvalue weighted by Gasteiger charge is 2.06. The van der Waals surface area contributed by atoms with E-state index in [0.29, 0.717) is 6.61 Å². The maximum absolute atomic E-state index is 5.53. The topological polar surface area (TPSA) is 24.5 Å². The Morgan fingerprint density at radius 1 is 1.10 bits per heavy atom. The van der Waals surface area contributed by atoms with Gasteiger partial charge < -0.3 is 15.0 Å². The molecule has 1 unspecified atom stereocenters. The highest BCUT2D eigenvalue weighted by atomic mass is 16.5. The zero-order valence-electron chi connectivity index (χ0n) is 13.3. The Morgan fingerprint density at radius 3 is 2.43 bits per heavy atom. The van der Waals surface area contributed by atoms with E-state index in [9.17, 15) is 0 Å². The van der Waals surface area contributed by atoms with E-state index in [1.54, 1.807) is 0 Å². The zero-order chi connectivity index (χ0) is 15.2. The minimum atomic E-state index is 0.248. The molecule has 0 amide bonds. The third-order valence-electron chi connectivity index (χ3n) is 3.44. The first-order valence-corrected chi connectivity index (χ1v) is 7.37. The number of hydrogen-bond acceptors (Lipinski definition) is 3. The van der Waals surface area contributed by atoms with Gasteiger partial charge in [0.2, 0.25) is 0 Å². The number of rotatable bonds is 6. The molecule has 0 aliphatic carbocycles. The van der Waals surface area contributed by atoms with Crippen molar-refractivity contribution < 1.29 is 4.74 Å². The first-order chi connectivity index (χ1) is 10.1. The van der Waals surface area contributed by atoms with Gasteiger partial charge in [0.05, 0.1) is 6.61 Å². The van der Waals surface area contributed by atoms with Gasteiger partial charge in [-0.2, -0.15) is 0 Å². The zero-order valence-corrected chi connectivity index (χ0v) is 13.3. The van der Waals surface area contributed by atoms with Crippen molar-refractivity contribution >= 4 is 11.4 Å². The van der Waals surface area contributed by atoms with Gasteiger partial charge in [0.15, 0.2) is 0 Å². The fourth-order valence-electron chi connectivity index (χ4n) is 2.24. The number of benzene rings is 2. The average Bonchev–Trinajstić information content (AvgIpc) is 2.48. The summed E-state index contributed by atoms with van der Waals surface area (Å²) in [5.41, 5.74) is 3.55. The van der Waals surface area contributed by atoms with Crippen molar-refractivity contribution in [2.24, 2.45) is 0 Å². The van der Waals surface area contributed by atoms with Crippen molar-refractivity contribution in [3.05, 3.63) is 54.1 Å². The summed E-state index contributed by atoms with van der Waals surface area (Å²) in [7, 11) is 4.10. The summed E-state index contributed by atoms with van der Waals surface area (Å²) >= 11 is 0. The monoisotopic (exact) mass is 284 g/mol. The molecule has 2 rings (SSSR count). The second kappa shape index (κ2) is 7.02.